The Kier molecular flexibility index (Phi) is 4.34. The molecule has 1 saturated heterocycles. The number of ether oxygens (including phenoxy) is 1. The Morgan fingerprint density at radius 1 is 1.33 bits per heavy atom. The summed E-state index contributed by atoms with van der Waals surface area (Å²) < 4.78 is 5.16. The molecule has 1 aliphatic rings. The first-order valence-corrected chi connectivity index (χ1v) is 6.23. The molecule has 1 atom stereocenters. The predicted octanol–water partition coefficient (Wildman–Crippen LogP) is 1.79. The largest absolute Gasteiger partial charge is 0.461 e. The van der Waals surface area contributed by atoms with Crippen LogP contribution in [-0.2, 0) is 20.9 Å². The summed E-state index contributed by atoms with van der Waals surface area (Å²) in [6.07, 6.45) is 2.42. The Balaban J connectivity index is 1.65. The zero-order valence-corrected chi connectivity index (χ0v) is 10.2. The fourth-order valence-corrected chi connectivity index (χ4v) is 2.00. The van der Waals surface area contributed by atoms with Crippen LogP contribution in [0.5, 0.6) is 0 Å². The molecule has 1 aromatic carbocycles. The van der Waals surface area contributed by atoms with E-state index in [0.717, 1.165) is 12.0 Å². The van der Waals surface area contributed by atoms with Crippen molar-refractivity contribution in [3.05, 3.63) is 35.9 Å². The highest BCUT2D eigenvalue weighted by molar-refractivity contribution is 5.78. The Morgan fingerprint density at radius 3 is 2.78 bits per heavy atom. The van der Waals surface area contributed by atoms with Crippen LogP contribution >= 0.6 is 0 Å². The van der Waals surface area contributed by atoms with Gasteiger partial charge in [-0.05, 0) is 18.4 Å². The summed E-state index contributed by atoms with van der Waals surface area (Å²) in [5.41, 5.74) is 0.986. The van der Waals surface area contributed by atoms with Gasteiger partial charge in [0.15, 0.2) is 0 Å². The molecule has 1 fully saturated rings. The van der Waals surface area contributed by atoms with Gasteiger partial charge >= 0.3 is 5.97 Å². The van der Waals surface area contributed by atoms with Crippen molar-refractivity contribution in [2.75, 3.05) is 0 Å². The number of carbonyl (C=O) groups is 2. The lowest BCUT2D eigenvalue weighted by molar-refractivity contribution is -0.145. The van der Waals surface area contributed by atoms with Crippen LogP contribution in [0.3, 0.4) is 0 Å². The van der Waals surface area contributed by atoms with Crippen molar-refractivity contribution < 1.29 is 14.3 Å². The number of nitrogens with one attached hydrogen (secondary N) is 1. The van der Waals surface area contributed by atoms with Crippen molar-refractivity contribution in [1.29, 1.82) is 0 Å². The highest BCUT2D eigenvalue weighted by Gasteiger charge is 2.21. The first kappa shape index (κ1) is 12.6. The summed E-state index contributed by atoms with van der Waals surface area (Å²) >= 11 is 0. The average Bonchev–Trinajstić information content (AvgIpc) is 2.81. The smallest absolute Gasteiger partial charge is 0.306 e. The molecular formula is C14H17NO3. The number of hydrogen-bond donors (Lipinski definition) is 1. The lowest BCUT2D eigenvalue weighted by Crippen LogP contribution is -2.26. The Morgan fingerprint density at radius 2 is 2.11 bits per heavy atom. The van der Waals surface area contributed by atoms with E-state index >= 15 is 0 Å². The highest BCUT2D eigenvalue weighted by Crippen LogP contribution is 2.12. The summed E-state index contributed by atoms with van der Waals surface area (Å²) in [6, 6.07) is 9.74. The summed E-state index contributed by atoms with van der Waals surface area (Å²) in [5, 5.41) is 2.84. The van der Waals surface area contributed by atoms with Crippen molar-refractivity contribution in [2.45, 2.75) is 38.3 Å². The van der Waals surface area contributed by atoms with E-state index < -0.39 is 0 Å². The number of esters is 1. The maximum absolute atomic E-state index is 11.5. The third-order valence-electron chi connectivity index (χ3n) is 3.02. The monoisotopic (exact) mass is 247 g/mol. The molecule has 0 spiro atoms. The molecule has 0 bridgehead atoms. The molecule has 18 heavy (non-hydrogen) atoms. The van der Waals surface area contributed by atoms with Gasteiger partial charge in [0.2, 0.25) is 5.91 Å². The number of rotatable bonds is 5. The van der Waals surface area contributed by atoms with E-state index in [1.807, 2.05) is 30.3 Å². The molecule has 4 heteroatoms. The second kappa shape index (κ2) is 6.19. The maximum atomic E-state index is 11.5. The normalized spacial score (nSPS) is 18.4. The van der Waals surface area contributed by atoms with E-state index in [0.29, 0.717) is 25.9 Å². The Labute approximate surface area is 106 Å². The fraction of sp³-hybridized carbons (Fsp3) is 0.429. The zero-order chi connectivity index (χ0) is 12.8. The number of carbonyl (C=O) groups excluding carboxylic acids is 2. The first-order chi connectivity index (χ1) is 8.74. The van der Waals surface area contributed by atoms with Crippen molar-refractivity contribution in [1.82, 2.24) is 5.32 Å². The van der Waals surface area contributed by atoms with Gasteiger partial charge < -0.3 is 10.1 Å². The minimum atomic E-state index is -0.208. The fourth-order valence-electron chi connectivity index (χ4n) is 2.00. The van der Waals surface area contributed by atoms with E-state index in [4.69, 9.17) is 4.74 Å². The van der Waals surface area contributed by atoms with Gasteiger partial charge in [0.05, 0.1) is 0 Å². The van der Waals surface area contributed by atoms with Crippen molar-refractivity contribution in [2.24, 2.45) is 0 Å². The minimum absolute atomic E-state index is 0.0812. The lowest BCUT2D eigenvalue weighted by atomic mass is 10.1. The second-order valence-electron chi connectivity index (χ2n) is 4.49. The molecule has 0 aliphatic carbocycles. The molecular weight excluding hydrogens is 230 g/mol. The van der Waals surface area contributed by atoms with Gasteiger partial charge in [-0.25, -0.2) is 0 Å². The molecule has 4 nitrogen and oxygen atoms in total. The molecule has 0 radical (unpaired) electrons. The SMILES string of the molecule is O=C1CC[C@@H](CCC(=O)OCc2ccccc2)N1. The van der Waals surface area contributed by atoms with Crippen LogP contribution in [0.1, 0.15) is 31.2 Å². The van der Waals surface area contributed by atoms with Gasteiger partial charge in [-0.15, -0.1) is 0 Å². The summed E-state index contributed by atoms with van der Waals surface area (Å²) in [7, 11) is 0. The van der Waals surface area contributed by atoms with Gasteiger partial charge in [-0.2, -0.15) is 0 Å². The highest BCUT2D eigenvalue weighted by atomic mass is 16.5. The zero-order valence-electron chi connectivity index (χ0n) is 10.2. The average molecular weight is 247 g/mol. The third-order valence-corrected chi connectivity index (χ3v) is 3.02. The van der Waals surface area contributed by atoms with Crippen LogP contribution in [0, 0.1) is 0 Å². The van der Waals surface area contributed by atoms with Crippen LogP contribution in [0.25, 0.3) is 0 Å². The van der Waals surface area contributed by atoms with Crippen molar-refractivity contribution >= 4 is 11.9 Å². The standard InChI is InChI=1S/C14H17NO3/c16-13-8-6-12(15-13)7-9-14(17)18-10-11-4-2-1-3-5-11/h1-5,12H,6-10H2,(H,15,16)/t12-/m0/s1. The summed E-state index contributed by atoms with van der Waals surface area (Å²) in [4.78, 5) is 22.5. The molecule has 1 amide bonds. The van der Waals surface area contributed by atoms with E-state index in [-0.39, 0.29) is 17.9 Å². The molecule has 0 aromatic heterocycles. The number of hydrogen-bond acceptors (Lipinski definition) is 3. The molecule has 0 saturated carbocycles. The predicted molar refractivity (Wildman–Crippen MR) is 66.6 cm³/mol. The molecule has 1 aromatic rings. The van der Waals surface area contributed by atoms with Crippen LogP contribution in [-0.4, -0.2) is 17.9 Å². The topological polar surface area (TPSA) is 55.4 Å². The van der Waals surface area contributed by atoms with Gasteiger partial charge in [0.25, 0.3) is 0 Å². The Hall–Kier alpha value is -1.84. The van der Waals surface area contributed by atoms with Crippen molar-refractivity contribution in [3.63, 3.8) is 0 Å². The molecule has 0 unspecified atom stereocenters. The molecule has 1 N–H and O–H groups in total. The maximum Gasteiger partial charge on any atom is 0.306 e. The summed E-state index contributed by atoms with van der Waals surface area (Å²) in [5.74, 6) is -0.127. The third kappa shape index (κ3) is 3.87. The van der Waals surface area contributed by atoms with Gasteiger partial charge in [-0.1, -0.05) is 30.3 Å². The lowest BCUT2D eigenvalue weighted by Gasteiger charge is -2.09. The minimum Gasteiger partial charge on any atom is -0.461 e. The molecule has 2 rings (SSSR count). The number of amides is 1. The Bertz CT molecular complexity index is 416. The van der Waals surface area contributed by atoms with E-state index in [9.17, 15) is 9.59 Å². The first-order valence-electron chi connectivity index (χ1n) is 6.23. The van der Waals surface area contributed by atoms with Crippen LogP contribution in [0.2, 0.25) is 0 Å². The number of benzene rings is 1. The molecule has 96 valence electrons. The van der Waals surface area contributed by atoms with E-state index in [1.165, 1.54) is 0 Å². The van der Waals surface area contributed by atoms with E-state index in [1.54, 1.807) is 0 Å². The van der Waals surface area contributed by atoms with Gasteiger partial charge in [0, 0.05) is 18.9 Å². The van der Waals surface area contributed by atoms with E-state index in [2.05, 4.69) is 5.32 Å². The molecule has 1 aliphatic heterocycles. The second-order valence-corrected chi connectivity index (χ2v) is 4.49. The molecule has 1 heterocycles. The van der Waals surface area contributed by atoms with Gasteiger partial charge in [0.1, 0.15) is 6.61 Å². The quantitative estimate of drug-likeness (QED) is 0.807. The van der Waals surface area contributed by atoms with Crippen molar-refractivity contribution in [3.8, 4) is 0 Å². The summed E-state index contributed by atoms with van der Waals surface area (Å²) in [6.45, 7) is 0.316. The van der Waals surface area contributed by atoms with Gasteiger partial charge in [-0.3, -0.25) is 9.59 Å². The van der Waals surface area contributed by atoms with Crippen LogP contribution in [0.15, 0.2) is 30.3 Å². The van der Waals surface area contributed by atoms with Crippen LogP contribution < -0.4 is 5.32 Å². The van der Waals surface area contributed by atoms with Crippen LogP contribution in [0.4, 0.5) is 0 Å².